The Hall–Kier alpha value is -1.06. The first-order valence-corrected chi connectivity index (χ1v) is 6.24. The molecule has 2 fully saturated rings. The number of hydrogen-bond acceptors (Lipinski definition) is 2. The number of piperidine rings is 1. The number of likely N-dealkylation sites (tertiary alicyclic amines) is 1. The Kier molecular flexibility index (Phi) is 2.71. The van der Waals surface area contributed by atoms with E-state index in [2.05, 4.69) is 20.8 Å². The molecule has 1 heterocycles. The molecular weight excluding hydrogens is 218 g/mol. The molecule has 0 aromatic rings. The number of nitrogens with zero attached hydrogens (tertiary/aromatic N) is 1. The quantitative estimate of drug-likeness (QED) is 0.706. The average molecular weight is 239 g/mol. The Bertz CT molecular complexity index is 358. The number of rotatable bonds is 0. The summed E-state index contributed by atoms with van der Waals surface area (Å²) in [5, 5.41) is 9.07. The fourth-order valence-electron chi connectivity index (χ4n) is 3.74. The molecule has 2 rings (SSSR count). The lowest BCUT2D eigenvalue weighted by atomic mass is 9.49. The summed E-state index contributed by atoms with van der Waals surface area (Å²) in [5.41, 5.74) is 0.0754. The predicted octanol–water partition coefficient (Wildman–Crippen LogP) is 2.38. The van der Waals surface area contributed by atoms with Crippen molar-refractivity contribution in [2.75, 3.05) is 13.1 Å². The maximum absolute atomic E-state index is 11.8. The minimum Gasteiger partial charge on any atom is -0.465 e. The molecule has 0 bridgehead atoms. The Labute approximate surface area is 102 Å². The lowest BCUT2D eigenvalue weighted by molar-refractivity contribution is -0.140. The van der Waals surface area contributed by atoms with E-state index in [0.717, 1.165) is 12.8 Å². The summed E-state index contributed by atoms with van der Waals surface area (Å²) in [6, 6.07) is 0. The largest absolute Gasteiger partial charge is 0.465 e. The van der Waals surface area contributed by atoms with E-state index < -0.39 is 6.09 Å². The molecule has 2 unspecified atom stereocenters. The number of hydrogen-bond donors (Lipinski definition) is 1. The van der Waals surface area contributed by atoms with E-state index in [-0.39, 0.29) is 23.2 Å². The number of ketones is 1. The van der Waals surface area contributed by atoms with Crippen LogP contribution in [0.25, 0.3) is 0 Å². The lowest BCUT2D eigenvalue weighted by Crippen LogP contribution is -2.59. The molecule has 2 aliphatic rings. The Morgan fingerprint density at radius 1 is 1.47 bits per heavy atom. The highest BCUT2D eigenvalue weighted by molar-refractivity contribution is 5.85. The monoisotopic (exact) mass is 239 g/mol. The van der Waals surface area contributed by atoms with Gasteiger partial charge in [0.2, 0.25) is 0 Å². The first kappa shape index (κ1) is 12.4. The molecular formula is C13H21NO3. The topological polar surface area (TPSA) is 57.6 Å². The number of carbonyl (C=O) groups excluding carboxylic acids is 1. The van der Waals surface area contributed by atoms with Crippen molar-refractivity contribution >= 4 is 11.9 Å². The molecule has 0 radical (unpaired) electrons. The fraction of sp³-hybridized carbons (Fsp3) is 0.846. The van der Waals surface area contributed by atoms with Gasteiger partial charge in [0.25, 0.3) is 0 Å². The Morgan fingerprint density at radius 3 is 2.53 bits per heavy atom. The second kappa shape index (κ2) is 3.72. The zero-order valence-corrected chi connectivity index (χ0v) is 10.8. The first-order valence-electron chi connectivity index (χ1n) is 6.24. The molecule has 0 aromatic heterocycles. The van der Waals surface area contributed by atoms with Crippen molar-refractivity contribution < 1.29 is 14.7 Å². The van der Waals surface area contributed by atoms with Crippen LogP contribution in [0.5, 0.6) is 0 Å². The van der Waals surface area contributed by atoms with Gasteiger partial charge < -0.3 is 10.0 Å². The SMILES string of the molecule is CC(C)(C)C1CCC12CC(=O)CN(C(=O)O)C2. The van der Waals surface area contributed by atoms with Crippen molar-refractivity contribution in [1.29, 1.82) is 0 Å². The zero-order valence-electron chi connectivity index (χ0n) is 10.8. The molecule has 1 saturated heterocycles. The van der Waals surface area contributed by atoms with Crippen LogP contribution in [0.4, 0.5) is 4.79 Å². The van der Waals surface area contributed by atoms with Gasteiger partial charge in [-0.1, -0.05) is 20.8 Å². The van der Waals surface area contributed by atoms with Gasteiger partial charge >= 0.3 is 6.09 Å². The summed E-state index contributed by atoms with van der Waals surface area (Å²) in [6.07, 6.45) is 1.71. The predicted molar refractivity (Wildman–Crippen MR) is 63.8 cm³/mol. The molecule has 1 saturated carbocycles. The number of amides is 1. The average Bonchev–Trinajstić information content (AvgIpc) is 2.12. The third kappa shape index (κ3) is 2.05. The second-order valence-corrected chi connectivity index (χ2v) is 6.67. The van der Waals surface area contributed by atoms with Gasteiger partial charge in [-0.2, -0.15) is 0 Å². The van der Waals surface area contributed by atoms with Crippen LogP contribution in [0.1, 0.15) is 40.0 Å². The van der Waals surface area contributed by atoms with Crippen molar-refractivity contribution in [2.45, 2.75) is 40.0 Å². The van der Waals surface area contributed by atoms with Crippen LogP contribution >= 0.6 is 0 Å². The summed E-state index contributed by atoms with van der Waals surface area (Å²) in [5.74, 6) is 0.536. The molecule has 1 aliphatic carbocycles. The van der Waals surface area contributed by atoms with E-state index in [4.69, 9.17) is 5.11 Å². The van der Waals surface area contributed by atoms with Gasteiger partial charge in [0.1, 0.15) is 0 Å². The van der Waals surface area contributed by atoms with Crippen molar-refractivity contribution in [3.8, 4) is 0 Å². The van der Waals surface area contributed by atoms with Gasteiger partial charge in [0.15, 0.2) is 5.78 Å². The summed E-state index contributed by atoms with van der Waals surface area (Å²) >= 11 is 0. The van der Waals surface area contributed by atoms with E-state index in [9.17, 15) is 9.59 Å². The molecule has 96 valence electrons. The van der Waals surface area contributed by atoms with Crippen molar-refractivity contribution in [3.63, 3.8) is 0 Å². The van der Waals surface area contributed by atoms with E-state index >= 15 is 0 Å². The van der Waals surface area contributed by atoms with Gasteiger partial charge in [-0.15, -0.1) is 0 Å². The second-order valence-electron chi connectivity index (χ2n) is 6.67. The van der Waals surface area contributed by atoms with E-state index in [1.54, 1.807) is 0 Å². The van der Waals surface area contributed by atoms with E-state index in [1.165, 1.54) is 4.90 Å². The van der Waals surface area contributed by atoms with Crippen LogP contribution in [0.15, 0.2) is 0 Å². The Morgan fingerprint density at radius 2 is 2.12 bits per heavy atom. The van der Waals surface area contributed by atoms with Crippen LogP contribution in [-0.2, 0) is 4.79 Å². The molecule has 1 spiro atoms. The summed E-state index contributed by atoms with van der Waals surface area (Å²) < 4.78 is 0. The molecule has 1 amide bonds. The number of carboxylic acid groups (broad SMARTS) is 1. The summed E-state index contributed by atoms with van der Waals surface area (Å²) in [7, 11) is 0. The molecule has 2 atom stereocenters. The lowest BCUT2D eigenvalue weighted by Gasteiger charge is -2.58. The van der Waals surface area contributed by atoms with Gasteiger partial charge in [0.05, 0.1) is 6.54 Å². The number of carbonyl (C=O) groups is 2. The van der Waals surface area contributed by atoms with Crippen molar-refractivity contribution in [2.24, 2.45) is 16.7 Å². The van der Waals surface area contributed by atoms with Gasteiger partial charge in [0, 0.05) is 13.0 Å². The minimum atomic E-state index is -0.961. The van der Waals surface area contributed by atoms with Crippen LogP contribution in [0.2, 0.25) is 0 Å². The Balaban J connectivity index is 2.20. The van der Waals surface area contributed by atoms with Gasteiger partial charge in [-0.25, -0.2) is 4.79 Å². The smallest absolute Gasteiger partial charge is 0.407 e. The summed E-state index contributed by atoms with van der Waals surface area (Å²) in [6.45, 7) is 7.16. The summed E-state index contributed by atoms with van der Waals surface area (Å²) in [4.78, 5) is 24.1. The molecule has 4 heteroatoms. The van der Waals surface area contributed by atoms with Crippen LogP contribution in [0.3, 0.4) is 0 Å². The molecule has 4 nitrogen and oxygen atoms in total. The highest BCUT2D eigenvalue weighted by Gasteiger charge is 2.55. The van der Waals surface area contributed by atoms with Crippen molar-refractivity contribution in [1.82, 2.24) is 4.90 Å². The molecule has 0 aromatic carbocycles. The highest BCUT2D eigenvalue weighted by Crippen LogP contribution is 2.58. The number of Topliss-reactive ketones (excluding diaryl/α,β-unsaturated/α-hetero) is 1. The molecule has 1 aliphatic heterocycles. The standard InChI is InChI=1S/C13H21NO3/c1-12(2,3)10-4-5-13(10)6-9(15)7-14(8-13)11(16)17/h10H,4-8H2,1-3H3,(H,16,17). The minimum absolute atomic E-state index is 0.0765. The van der Waals surface area contributed by atoms with Gasteiger partial charge in [-0.3, -0.25) is 4.79 Å². The maximum atomic E-state index is 11.8. The fourth-order valence-corrected chi connectivity index (χ4v) is 3.74. The van der Waals surface area contributed by atoms with Gasteiger partial charge in [-0.05, 0) is 29.6 Å². The third-order valence-electron chi connectivity index (χ3n) is 4.41. The van der Waals surface area contributed by atoms with Crippen LogP contribution in [-0.4, -0.2) is 35.0 Å². The first-order chi connectivity index (χ1) is 7.74. The van der Waals surface area contributed by atoms with E-state index in [1.807, 2.05) is 0 Å². The van der Waals surface area contributed by atoms with Crippen LogP contribution in [0, 0.1) is 16.7 Å². The molecule has 1 N–H and O–H groups in total. The zero-order chi connectivity index (χ0) is 12.8. The maximum Gasteiger partial charge on any atom is 0.407 e. The highest BCUT2D eigenvalue weighted by atomic mass is 16.4. The molecule has 17 heavy (non-hydrogen) atoms. The van der Waals surface area contributed by atoms with Crippen molar-refractivity contribution in [3.05, 3.63) is 0 Å². The van der Waals surface area contributed by atoms with Crippen LogP contribution < -0.4 is 0 Å². The van der Waals surface area contributed by atoms with E-state index in [0.29, 0.717) is 18.9 Å². The third-order valence-corrected chi connectivity index (χ3v) is 4.41. The normalized spacial score (nSPS) is 33.7.